The first-order valence-corrected chi connectivity index (χ1v) is 11.2. The lowest BCUT2D eigenvalue weighted by Crippen LogP contribution is -2.52. The fourth-order valence-corrected chi connectivity index (χ4v) is 5.07. The van der Waals surface area contributed by atoms with Gasteiger partial charge in [-0.1, -0.05) is 19.9 Å². The van der Waals surface area contributed by atoms with E-state index in [1.807, 2.05) is 18.5 Å². The van der Waals surface area contributed by atoms with Crippen LogP contribution >= 0.6 is 0 Å². The molecule has 28 heavy (non-hydrogen) atoms. The highest BCUT2D eigenvalue weighted by atomic mass is 16.2. The zero-order chi connectivity index (χ0) is 19.6. The lowest BCUT2D eigenvalue weighted by atomic mass is 9.92. The van der Waals surface area contributed by atoms with Gasteiger partial charge >= 0.3 is 0 Å². The molecule has 5 heteroatoms. The summed E-state index contributed by atoms with van der Waals surface area (Å²) in [4.78, 5) is 22.3. The summed E-state index contributed by atoms with van der Waals surface area (Å²) in [6.45, 7) is 9.87. The van der Waals surface area contributed by atoms with E-state index in [4.69, 9.17) is 0 Å². The van der Waals surface area contributed by atoms with Crippen molar-refractivity contribution in [3.8, 4) is 0 Å². The third-order valence-electron chi connectivity index (χ3n) is 7.29. The van der Waals surface area contributed by atoms with E-state index in [9.17, 15) is 4.79 Å². The molecule has 1 aromatic rings. The summed E-state index contributed by atoms with van der Waals surface area (Å²) in [5.74, 6) is 1.03. The molecule has 154 valence electrons. The Labute approximate surface area is 169 Å². The Hall–Kier alpha value is -1.46. The lowest BCUT2D eigenvalue weighted by molar-refractivity contribution is -0.128. The van der Waals surface area contributed by atoms with Crippen molar-refractivity contribution < 1.29 is 4.79 Å². The van der Waals surface area contributed by atoms with Crippen molar-refractivity contribution in [2.75, 3.05) is 26.2 Å². The molecule has 1 N–H and O–H groups in total. The highest BCUT2D eigenvalue weighted by Crippen LogP contribution is 2.42. The minimum atomic E-state index is 0.108. The van der Waals surface area contributed by atoms with Crippen molar-refractivity contribution in [1.82, 2.24) is 20.1 Å². The Morgan fingerprint density at radius 2 is 2.04 bits per heavy atom. The van der Waals surface area contributed by atoms with Crippen LogP contribution in [0.4, 0.5) is 0 Å². The minimum absolute atomic E-state index is 0.108. The number of nitrogens with zero attached hydrogens (tertiary/aromatic N) is 3. The number of hydrogen-bond donors (Lipinski definition) is 1. The van der Waals surface area contributed by atoms with Gasteiger partial charge in [0.25, 0.3) is 0 Å². The van der Waals surface area contributed by atoms with Gasteiger partial charge in [-0.3, -0.25) is 19.6 Å². The summed E-state index contributed by atoms with van der Waals surface area (Å²) in [5, 5.41) is 3.41. The Morgan fingerprint density at radius 1 is 1.25 bits per heavy atom. The van der Waals surface area contributed by atoms with Crippen molar-refractivity contribution >= 4 is 5.91 Å². The predicted octanol–water partition coefficient (Wildman–Crippen LogP) is 3.06. The number of nitrogens with one attached hydrogen (secondary N) is 1. The third-order valence-corrected chi connectivity index (χ3v) is 7.29. The van der Waals surface area contributed by atoms with Gasteiger partial charge in [0.05, 0.1) is 5.92 Å². The molecule has 3 fully saturated rings. The second kappa shape index (κ2) is 8.50. The fourth-order valence-electron chi connectivity index (χ4n) is 5.07. The molecule has 1 amide bonds. The summed E-state index contributed by atoms with van der Waals surface area (Å²) < 4.78 is 0. The summed E-state index contributed by atoms with van der Waals surface area (Å²) in [7, 11) is 0. The second-order valence-electron chi connectivity index (χ2n) is 9.50. The first-order chi connectivity index (χ1) is 13.6. The number of hydrogen-bond acceptors (Lipinski definition) is 4. The molecule has 3 heterocycles. The molecule has 1 saturated carbocycles. The van der Waals surface area contributed by atoms with E-state index in [0.717, 1.165) is 58.4 Å². The quantitative estimate of drug-likeness (QED) is 0.819. The molecule has 0 radical (unpaired) electrons. The molecule has 0 aromatic carbocycles. The first kappa shape index (κ1) is 19.8. The first-order valence-electron chi connectivity index (χ1n) is 11.2. The molecule has 4 rings (SSSR count). The topological polar surface area (TPSA) is 48.5 Å². The molecular weight excluding hydrogens is 348 g/mol. The van der Waals surface area contributed by atoms with E-state index in [0.29, 0.717) is 17.9 Å². The van der Waals surface area contributed by atoms with Crippen LogP contribution in [0.2, 0.25) is 0 Å². The standard InChI is InChI=1S/C23H36N4O/c1-18(2)23(9-10-23)25-22(28)20-6-4-12-27(17-20)21-7-13-26(14-8-21)16-19-5-3-11-24-15-19/h3,5,11,15,18,20-21H,4,6-10,12-14,16-17H2,1-2H3,(H,25,28)/t20-/m0/s1. The number of carbonyl (C=O) groups excluding carboxylic acids is 1. The summed E-state index contributed by atoms with van der Waals surface area (Å²) in [6.07, 6.45) is 10.8. The van der Waals surface area contributed by atoms with Gasteiger partial charge in [-0.15, -0.1) is 0 Å². The summed E-state index contributed by atoms with van der Waals surface area (Å²) in [6, 6.07) is 4.82. The van der Waals surface area contributed by atoms with Crippen LogP contribution in [-0.4, -0.2) is 58.5 Å². The third kappa shape index (κ3) is 4.57. The number of amides is 1. The van der Waals surface area contributed by atoms with Crippen LogP contribution in [0.25, 0.3) is 0 Å². The molecule has 1 aromatic heterocycles. The molecule has 1 aliphatic carbocycles. The molecular formula is C23H36N4O. The lowest BCUT2D eigenvalue weighted by Gasteiger charge is -2.42. The van der Waals surface area contributed by atoms with Gasteiger partial charge in [0, 0.05) is 37.1 Å². The van der Waals surface area contributed by atoms with Crippen LogP contribution in [0, 0.1) is 11.8 Å². The number of rotatable bonds is 6. The number of aromatic nitrogens is 1. The SMILES string of the molecule is CC(C)C1(NC(=O)[C@H]2CCCN(C3CCN(Cc4cccnc4)CC3)C2)CC1. The smallest absolute Gasteiger partial charge is 0.224 e. The van der Waals surface area contributed by atoms with Gasteiger partial charge in [0.2, 0.25) is 5.91 Å². The van der Waals surface area contributed by atoms with E-state index >= 15 is 0 Å². The Morgan fingerprint density at radius 3 is 2.68 bits per heavy atom. The molecule has 2 aliphatic heterocycles. The predicted molar refractivity (Wildman–Crippen MR) is 112 cm³/mol. The van der Waals surface area contributed by atoms with E-state index in [2.05, 4.69) is 40.0 Å². The van der Waals surface area contributed by atoms with Gasteiger partial charge < -0.3 is 5.32 Å². The van der Waals surface area contributed by atoms with Crippen LogP contribution in [-0.2, 0) is 11.3 Å². The van der Waals surface area contributed by atoms with Crippen molar-refractivity contribution in [2.45, 2.75) is 70.5 Å². The maximum Gasteiger partial charge on any atom is 0.224 e. The van der Waals surface area contributed by atoms with Crippen LogP contribution in [0.3, 0.4) is 0 Å². The van der Waals surface area contributed by atoms with Gasteiger partial charge in [-0.05, 0) is 75.7 Å². The maximum absolute atomic E-state index is 12.9. The Kier molecular flexibility index (Phi) is 6.02. The van der Waals surface area contributed by atoms with Crippen molar-refractivity contribution in [3.05, 3.63) is 30.1 Å². The number of pyridine rings is 1. The Balaban J connectivity index is 1.25. The maximum atomic E-state index is 12.9. The number of likely N-dealkylation sites (tertiary alicyclic amines) is 2. The van der Waals surface area contributed by atoms with Crippen molar-refractivity contribution in [1.29, 1.82) is 0 Å². The zero-order valence-electron chi connectivity index (χ0n) is 17.6. The highest BCUT2D eigenvalue weighted by Gasteiger charge is 2.47. The second-order valence-corrected chi connectivity index (χ2v) is 9.50. The van der Waals surface area contributed by atoms with Gasteiger partial charge in [0.15, 0.2) is 0 Å². The summed E-state index contributed by atoms with van der Waals surface area (Å²) in [5.41, 5.74) is 1.41. The average molecular weight is 385 g/mol. The monoisotopic (exact) mass is 384 g/mol. The minimum Gasteiger partial charge on any atom is -0.350 e. The molecule has 3 aliphatic rings. The normalized spacial score (nSPS) is 26.3. The molecule has 0 spiro atoms. The number of carbonyl (C=O) groups is 1. The summed E-state index contributed by atoms with van der Waals surface area (Å²) >= 11 is 0. The van der Waals surface area contributed by atoms with Crippen LogP contribution in [0.1, 0.15) is 57.9 Å². The van der Waals surface area contributed by atoms with E-state index in [-0.39, 0.29) is 11.5 Å². The highest BCUT2D eigenvalue weighted by molar-refractivity contribution is 5.80. The van der Waals surface area contributed by atoms with Crippen molar-refractivity contribution in [2.24, 2.45) is 11.8 Å². The molecule has 2 saturated heterocycles. The Bertz CT molecular complexity index is 650. The largest absolute Gasteiger partial charge is 0.350 e. The van der Waals surface area contributed by atoms with Crippen LogP contribution in [0.15, 0.2) is 24.5 Å². The zero-order valence-corrected chi connectivity index (χ0v) is 17.6. The van der Waals surface area contributed by atoms with Gasteiger partial charge in [-0.25, -0.2) is 0 Å². The van der Waals surface area contributed by atoms with E-state index in [1.54, 1.807) is 0 Å². The van der Waals surface area contributed by atoms with Gasteiger partial charge in [0.1, 0.15) is 0 Å². The van der Waals surface area contributed by atoms with Crippen molar-refractivity contribution in [3.63, 3.8) is 0 Å². The van der Waals surface area contributed by atoms with Crippen LogP contribution in [0.5, 0.6) is 0 Å². The van der Waals surface area contributed by atoms with Crippen LogP contribution < -0.4 is 5.32 Å². The molecule has 0 unspecified atom stereocenters. The van der Waals surface area contributed by atoms with E-state index in [1.165, 1.54) is 18.4 Å². The fraction of sp³-hybridized carbons (Fsp3) is 0.739. The molecule has 1 atom stereocenters. The van der Waals surface area contributed by atoms with Gasteiger partial charge in [-0.2, -0.15) is 0 Å². The number of piperidine rings is 2. The molecule has 5 nitrogen and oxygen atoms in total. The van der Waals surface area contributed by atoms with E-state index < -0.39 is 0 Å². The molecule has 0 bridgehead atoms. The average Bonchev–Trinajstić information content (AvgIpc) is 3.50.